The van der Waals surface area contributed by atoms with E-state index in [4.69, 9.17) is 9.47 Å². The molecule has 0 saturated carbocycles. The van der Waals surface area contributed by atoms with Gasteiger partial charge in [0.25, 0.3) is 0 Å². The highest BCUT2D eigenvalue weighted by molar-refractivity contribution is 5.89. The second-order valence-electron chi connectivity index (χ2n) is 9.16. The smallest absolute Gasteiger partial charge is 0.323 e. The highest BCUT2D eigenvalue weighted by Crippen LogP contribution is 2.36. The molecule has 0 spiro atoms. The fraction of sp³-hybridized carbons (Fsp3) is 0.370. The number of piperazine rings is 1. The quantitative estimate of drug-likeness (QED) is 0.589. The zero-order chi connectivity index (χ0) is 25.1. The Morgan fingerprint density at radius 3 is 2.25 bits per heavy atom. The minimum atomic E-state index is -0.154. The van der Waals surface area contributed by atoms with E-state index in [0.29, 0.717) is 24.8 Å². The molecule has 0 bridgehead atoms. The van der Waals surface area contributed by atoms with E-state index in [-0.39, 0.29) is 6.03 Å². The molecule has 2 aliphatic rings. The standard InChI is InChI=1S/C27H32N6O3/c1-31-12-14-32(15-13-31)23-6-7-24(35-2)21-10-11-33(18-22(21)23)27(34)30-25-8-4-19(16-28-25)20-5-9-26(36-3)29-17-20/h4-9,16-17H,10-15,18H2,1-3H3,(H,28,30,34). The summed E-state index contributed by atoms with van der Waals surface area (Å²) in [6.07, 6.45) is 4.23. The zero-order valence-electron chi connectivity index (χ0n) is 21.0. The third-order valence-electron chi connectivity index (χ3n) is 6.97. The van der Waals surface area contributed by atoms with Crippen molar-refractivity contribution in [1.29, 1.82) is 0 Å². The normalized spacial score (nSPS) is 15.9. The summed E-state index contributed by atoms with van der Waals surface area (Å²) in [5, 5.41) is 2.96. The van der Waals surface area contributed by atoms with Crippen LogP contribution in [-0.4, -0.2) is 79.8 Å². The van der Waals surface area contributed by atoms with Crippen LogP contribution in [0.3, 0.4) is 0 Å². The van der Waals surface area contributed by atoms with E-state index in [9.17, 15) is 4.79 Å². The van der Waals surface area contributed by atoms with Crippen LogP contribution >= 0.6 is 0 Å². The number of amides is 2. The van der Waals surface area contributed by atoms with Gasteiger partial charge in [0.2, 0.25) is 5.88 Å². The predicted molar refractivity (Wildman–Crippen MR) is 140 cm³/mol. The van der Waals surface area contributed by atoms with Crippen molar-refractivity contribution in [2.45, 2.75) is 13.0 Å². The molecular formula is C27H32N6O3. The molecule has 188 valence electrons. The number of fused-ring (bicyclic) bond motifs is 1. The van der Waals surface area contributed by atoms with E-state index in [2.05, 4.69) is 44.3 Å². The van der Waals surface area contributed by atoms with Gasteiger partial charge in [0.15, 0.2) is 0 Å². The van der Waals surface area contributed by atoms with Gasteiger partial charge in [0, 0.05) is 85.7 Å². The number of carbonyl (C=O) groups excluding carboxylic acids is 1. The maximum atomic E-state index is 13.2. The minimum absolute atomic E-state index is 0.154. The first kappa shape index (κ1) is 23.9. The zero-order valence-corrected chi connectivity index (χ0v) is 21.0. The molecule has 3 aromatic rings. The van der Waals surface area contributed by atoms with E-state index in [1.54, 1.807) is 26.6 Å². The monoisotopic (exact) mass is 488 g/mol. The number of hydrogen-bond donors (Lipinski definition) is 1. The van der Waals surface area contributed by atoms with E-state index in [0.717, 1.165) is 49.5 Å². The number of benzene rings is 1. The molecule has 1 N–H and O–H groups in total. The van der Waals surface area contributed by atoms with Crippen molar-refractivity contribution >= 4 is 17.5 Å². The van der Waals surface area contributed by atoms with Crippen molar-refractivity contribution in [3.8, 4) is 22.8 Å². The fourth-order valence-corrected chi connectivity index (χ4v) is 4.83. The molecule has 0 atom stereocenters. The molecule has 1 fully saturated rings. The van der Waals surface area contributed by atoms with Crippen LogP contribution in [-0.2, 0) is 13.0 Å². The van der Waals surface area contributed by atoms with Gasteiger partial charge in [-0.05, 0) is 43.8 Å². The number of carbonyl (C=O) groups is 1. The van der Waals surface area contributed by atoms with Crippen LogP contribution in [0.5, 0.6) is 11.6 Å². The van der Waals surface area contributed by atoms with Crippen molar-refractivity contribution < 1.29 is 14.3 Å². The fourth-order valence-electron chi connectivity index (χ4n) is 4.83. The molecular weight excluding hydrogens is 456 g/mol. The Balaban J connectivity index is 1.30. The lowest BCUT2D eigenvalue weighted by atomic mass is 9.96. The Labute approximate surface area is 211 Å². The molecule has 0 aliphatic carbocycles. The molecule has 36 heavy (non-hydrogen) atoms. The molecule has 2 amide bonds. The molecule has 2 aliphatic heterocycles. The Bertz CT molecular complexity index is 1210. The molecule has 9 nitrogen and oxygen atoms in total. The Kier molecular flexibility index (Phi) is 6.90. The van der Waals surface area contributed by atoms with E-state index in [1.807, 2.05) is 29.2 Å². The predicted octanol–water partition coefficient (Wildman–Crippen LogP) is 3.50. The second-order valence-corrected chi connectivity index (χ2v) is 9.16. The van der Waals surface area contributed by atoms with E-state index in [1.165, 1.54) is 16.8 Å². The SMILES string of the molecule is COc1ccc(-c2ccc(NC(=O)N3CCc4c(OC)ccc(N5CCN(C)CC5)c4C3)nc2)cn1. The average molecular weight is 489 g/mol. The molecule has 4 heterocycles. The summed E-state index contributed by atoms with van der Waals surface area (Å²) in [7, 11) is 5.45. The first-order valence-corrected chi connectivity index (χ1v) is 12.2. The van der Waals surface area contributed by atoms with Crippen molar-refractivity contribution in [2.75, 3.05) is 64.2 Å². The van der Waals surface area contributed by atoms with Crippen molar-refractivity contribution in [3.05, 3.63) is 59.9 Å². The lowest BCUT2D eigenvalue weighted by Crippen LogP contribution is -2.46. The number of nitrogens with zero attached hydrogens (tertiary/aromatic N) is 5. The number of urea groups is 1. The van der Waals surface area contributed by atoms with Crippen LogP contribution < -0.4 is 19.7 Å². The van der Waals surface area contributed by atoms with Gasteiger partial charge in [-0.3, -0.25) is 5.32 Å². The number of hydrogen-bond acceptors (Lipinski definition) is 7. The summed E-state index contributed by atoms with van der Waals surface area (Å²) in [5.41, 5.74) is 5.43. The number of anilines is 2. The lowest BCUT2D eigenvalue weighted by molar-refractivity contribution is 0.205. The molecule has 1 saturated heterocycles. The van der Waals surface area contributed by atoms with Crippen molar-refractivity contribution in [2.24, 2.45) is 0 Å². The van der Waals surface area contributed by atoms with Crippen LogP contribution in [0, 0.1) is 0 Å². The maximum Gasteiger partial charge on any atom is 0.323 e. The average Bonchev–Trinajstić information content (AvgIpc) is 2.93. The van der Waals surface area contributed by atoms with Crippen LogP contribution in [0.4, 0.5) is 16.3 Å². The molecule has 2 aromatic heterocycles. The van der Waals surface area contributed by atoms with Gasteiger partial charge in [-0.25, -0.2) is 14.8 Å². The highest BCUT2D eigenvalue weighted by Gasteiger charge is 2.28. The largest absolute Gasteiger partial charge is 0.496 e. The van der Waals surface area contributed by atoms with Gasteiger partial charge in [0.05, 0.1) is 14.2 Å². The van der Waals surface area contributed by atoms with Gasteiger partial charge in [-0.15, -0.1) is 0 Å². The lowest BCUT2D eigenvalue weighted by Gasteiger charge is -2.38. The molecule has 5 rings (SSSR count). The van der Waals surface area contributed by atoms with Gasteiger partial charge in [-0.2, -0.15) is 0 Å². The van der Waals surface area contributed by atoms with Crippen molar-refractivity contribution in [3.63, 3.8) is 0 Å². The minimum Gasteiger partial charge on any atom is -0.496 e. The summed E-state index contributed by atoms with van der Waals surface area (Å²) in [6.45, 7) is 5.16. The van der Waals surface area contributed by atoms with Gasteiger partial charge < -0.3 is 24.2 Å². The van der Waals surface area contributed by atoms with Gasteiger partial charge >= 0.3 is 6.03 Å². The Hall–Kier alpha value is -3.85. The third-order valence-corrected chi connectivity index (χ3v) is 6.97. The second kappa shape index (κ2) is 10.4. The van der Waals surface area contributed by atoms with Crippen LogP contribution in [0.25, 0.3) is 11.1 Å². The van der Waals surface area contributed by atoms with Gasteiger partial charge in [0.1, 0.15) is 11.6 Å². The summed E-state index contributed by atoms with van der Waals surface area (Å²) in [4.78, 5) is 28.5. The molecule has 9 heteroatoms. The van der Waals surface area contributed by atoms with Crippen molar-refractivity contribution in [1.82, 2.24) is 19.8 Å². The number of methoxy groups -OCH3 is 2. The number of ether oxygens (including phenoxy) is 2. The summed E-state index contributed by atoms with van der Waals surface area (Å²) < 4.78 is 10.8. The third kappa shape index (κ3) is 4.92. The first-order chi connectivity index (χ1) is 17.6. The molecule has 0 radical (unpaired) electrons. The Morgan fingerprint density at radius 1 is 0.861 bits per heavy atom. The number of likely N-dealkylation sites (N-methyl/N-ethyl adjacent to an activating group) is 1. The number of aromatic nitrogens is 2. The Morgan fingerprint density at radius 2 is 1.61 bits per heavy atom. The van der Waals surface area contributed by atoms with Gasteiger partial charge in [-0.1, -0.05) is 0 Å². The van der Waals surface area contributed by atoms with E-state index < -0.39 is 0 Å². The summed E-state index contributed by atoms with van der Waals surface area (Å²) >= 11 is 0. The summed E-state index contributed by atoms with van der Waals surface area (Å²) in [5.74, 6) is 1.97. The van der Waals surface area contributed by atoms with Crippen LogP contribution in [0.2, 0.25) is 0 Å². The highest BCUT2D eigenvalue weighted by atomic mass is 16.5. The maximum absolute atomic E-state index is 13.2. The van der Waals surface area contributed by atoms with Crippen LogP contribution in [0.1, 0.15) is 11.1 Å². The van der Waals surface area contributed by atoms with Crippen LogP contribution in [0.15, 0.2) is 48.8 Å². The topological polar surface area (TPSA) is 83.1 Å². The number of rotatable bonds is 5. The number of pyridine rings is 2. The van der Waals surface area contributed by atoms with E-state index >= 15 is 0 Å². The number of nitrogens with one attached hydrogen (secondary N) is 1. The molecule has 0 unspecified atom stereocenters. The molecule has 1 aromatic carbocycles. The first-order valence-electron chi connectivity index (χ1n) is 12.2. The summed E-state index contributed by atoms with van der Waals surface area (Å²) in [6, 6.07) is 11.5.